The number of nitrogens with zero attached hydrogens (tertiary/aromatic N) is 2. The summed E-state index contributed by atoms with van der Waals surface area (Å²) in [5.41, 5.74) is 1.81. The third-order valence-electron chi connectivity index (χ3n) is 4.52. The van der Waals surface area contributed by atoms with Crippen molar-refractivity contribution >= 4 is 79.5 Å². The summed E-state index contributed by atoms with van der Waals surface area (Å²) in [7, 11) is 2.80. The van der Waals surface area contributed by atoms with Gasteiger partial charge in [-0.05, 0) is 12.1 Å². The average Bonchev–Trinajstić information content (AvgIpc) is 3.23. The molecule has 2 aromatic carbocycles. The van der Waals surface area contributed by atoms with Crippen LogP contribution in [0.25, 0.3) is 10.2 Å². The van der Waals surface area contributed by atoms with Gasteiger partial charge in [-0.25, -0.2) is 9.97 Å². The number of hydrogen-bond donors (Lipinski definition) is 2. The molecular formula is C21H15Cl3N4O3S. The Labute approximate surface area is 202 Å². The maximum absolute atomic E-state index is 13.1. The maximum Gasteiger partial charge on any atom is 0.258 e. The Morgan fingerprint density at radius 3 is 2.25 bits per heavy atom. The Kier molecular flexibility index (Phi) is 6.57. The number of ether oxygens (including phenoxy) is 2. The number of para-hydroxylation sites is 1. The first kappa shape index (κ1) is 22.4. The van der Waals surface area contributed by atoms with E-state index in [0.29, 0.717) is 16.9 Å². The van der Waals surface area contributed by atoms with E-state index in [2.05, 4.69) is 20.6 Å². The van der Waals surface area contributed by atoms with Gasteiger partial charge in [0.1, 0.15) is 21.4 Å². The molecule has 11 heteroatoms. The van der Waals surface area contributed by atoms with Gasteiger partial charge < -0.3 is 20.1 Å². The standard InChI is InChI=1S/C21H15Cl3N4O3S/c1-30-17-12(22)16(13(23)18(31-2)14(17)24)28-21(29)11-8-32-19-15(11)25-9-26-20(19)27-10-6-4-3-5-7-10/h3-9H,1-2H3,(H,28,29)(H,25,26,27). The van der Waals surface area contributed by atoms with E-state index in [0.717, 1.165) is 10.4 Å². The fourth-order valence-electron chi connectivity index (χ4n) is 3.03. The Morgan fingerprint density at radius 1 is 0.969 bits per heavy atom. The summed E-state index contributed by atoms with van der Waals surface area (Å²) < 4.78 is 11.2. The highest BCUT2D eigenvalue weighted by molar-refractivity contribution is 7.18. The molecule has 164 valence electrons. The number of benzene rings is 2. The molecule has 2 heterocycles. The average molecular weight is 510 g/mol. The van der Waals surface area contributed by atoms with E-state index < -0.39 is 5.91 Å². The second-order valence-corrected chi connectivity index (χ2v) is 8.39. The fourth-order valence-corrected chi connectivity index (χ4v) is 5.09. The van der Waals surface area contributed by atoms with Gasteiger partial charge in [-0.15, -0.1) is 11.3 Å². The van der Waals surface area contributed by atoms with Crippen LogP contribution < -0.4 is 20.1 Å². The lowest BCUT2D eigenvalue weighted by atomic mass is 10.2. The lowest BCUT2D eigenvalue weighted by Gasteiger charge is -2.17. The number of anilines is 3. The number of methoxy groups -OCH3 is 2. The number of carbonyl (C=O) groups excluding carboxylic acids is 1. The van der Waals surface area contributed by atoms with Crippen molar-refractivity contribution in [1.82, 2.24) is 9.97 Å². The van der Waals surface area contributed by atoms with E-state index in [4.69, 9.17) is 44.3 Å². The largest absolute Gasteiger partial charge is 0.493 e. The summed E-state index contributed by atoms with van der Waals surface area (Å²) in [4.78, 5) is 21.7. The first-order chi connectivity index (χ1) is 15.5. The van der Waals surface area contributed by atoms with E-state index in [1.807, 2.05) is 30.3 Å². The third-order valence-corrected chi connectivity index (χ3v) is 6.56. The number of rotatable bonds is 6. The number of nitrogens with one attached hydrogen (secondary N) is 2. The van der Waals surface area contributed by atoms with Crippen LogP contribution in [0.3, 0.4) is 0 Å². The number of halogens is 3. The zero-order valence-electron chi connectivity index (χ0n) is 16.7. The van der Waals surface area contributed by atoms with E-state index in [1.165, 1.54) is 31.9 Å². The summed E-state index contributed by atoms with van der Waals surface area (Å²) >= 11 is 20.4. The predicted octanol–water partition coefficient (Wildman–Crippen LogP) is 6.66. The molecule has 2 N–H and O–H groups in total. The number of fused-ring (bicyclic) bond motifs is 1. The minimum absolute atomic E-state index is 0.0530. The quantitative estimate of drug-likeness (QED) is 0.302. The zero-order chi connectivity index (χ0) is 22.8. The molecule has 0 bridgehead atoms. The summed E-state index contributed by atoms with van der Waals surface area (Å²) in [5, 5.41) is 7.87. The van der Waals surface area contributed by atoms with Crippen LogP contribution in [0.15, 0.2) is 42.0 Å². The number of hydrogen-bond acceptors (Lipinski definition) is 7. The van der Waals surface area contributed by atoms with Gasteiger partial charge in [-0.2, -0.15) is 0 Å². The molecule has 0 aliphatic carbocycles. The van der Waals surface area contributed by atoms with Crippen molar-refractivity contribution in [2.45, 2.75) is 0 Å². The van der Waals surface area contributed by atoms with Crippen LogP contribution in [0.4, 0.5) is 17.2 Å². The topological polar surface area (TPSA) is 85.4 Å². The second-order valence-electron chi connectivity index (χ2n) is 6.38. The van der Waals surface area contributed by atoms with Crippen LogP contribution in [0.2, 0.25) is 15.1 Å². The highest BCUT2D eigenvalue weighted by Gasteiger charge is 2.25. The molecule has 0 saturated carbocycles. The summed E-state index contributed by atoms with van der Waals surface area (Å²) in [6.45, 7) is 0. The van der Waals surface area contributed by atoms with Crippen LogP contribution in [-0.2, 0) is 0 Å². The van der Waals surface area contributed by atoms with E-state index >= 15 is 0 Å². The molecule has 0 spiro atoms. The molecular weight excluding hydrogens is 495 g/mol. The molecule has 0 fully saturated rings. The molecule has 4 rings (SSSR count). The van der Waals surface area contributed by atoms with Gasteiger partial charge in [0.05, 0.1) is 35.7 Å². The summed E-state index contributed by atoms with van der Waals surface area (Å²) in [6, 6.07) is 9.58. The molecule has 0 radical (unpaired) electrons. The van der Waals surface area contributed by atoms with Gasteiger partial charge in [0.25, 0.3) is 5.91 Å². The van der Waals surface area contributed by atoms with Crippen LogP contribution >= 0.6 is 46.1 Å². The molecule has 1 amide bonds. The first-order valence-electron chi connectivity index (χ1n) is 9.10. The predicted molar refractivity (Wildman–Crippen MR) is 130 cm³/mol. The summed E-state index contributed by atoms with van der Waals surface area (Å²) in [6.07, 6.45) is 1.39. The van der Waals surface area contributed by atoms with Crippen molar-refractivity contribution in [2.75, 3.05) is 24.9 Å². The smallest absolute Gasteiger partial charge is 0.258 e. The van der Waals surface area contributed by atoms with E-state index in [9.17, 15) is 4.79 Å². The van der Waals surface area contributed by atoms with Crippen molar-refractivity contribution in [3.8, 4) is 11.5 Å². The second kappa shape index (κ2) is 9.38. The van der Waals surface area contributed by atoms with Crippen LogP contribution in [0.5, 0.6) is 11.5 Å². The number of aromatic nitrogens is 2. The minimum Gasteiger partial charge on any atom is -0.493 e. The van der Waals surface area contributed by atoms with Gasteiger partial charge in [-0.1, -0.05) is 53.0 Å². The Bertz CT molecular complexity index is 1280. The van der Waals surface area contributed by atoms with E-state index in [1.54, 1.807) is 5.38 Å². The number of amides is 1. The molecule has 0 unspecified atom stereocenters. The number of carbonyl (C=O) groups is 1. The van der Waals surface area contributed by atoms with Crippen molar-refractivity contribution in [2.24, 2.45) is 0 Å². The molecule has 2 aromatic heterocycles. The Morgan fingerprint density at radius 2 is 1.62 bits per heavy atom. The van der Waals surface area contributed by atoms with Crippen molar-refractivity contribution < 1.29 is 14.3 Å². The fraction of sp³-hybridized carbons (Fsp3) is 0.0952. The van der Waals surface area contributed by atoms with Gasteiger partial charge >= 0.3 is 0 Å². The van der Waals surface area contributed by atoms with Crippen molar-refractivity contribution in [3.63, 3.8) is 0 Å². The maximum atomic E-state index is 13.1. The molecule has 4 aromatic rings. The monoisotopic (exact) mass is 508 g/mol. The Hall–Kier alpha value is -2.78. The molecule has 7 nitrogen and oxygen atoms in total. The molecule has 0 aliphatic heterocycles. The highest BCUT2D eigenvalue weighted by Crippen LogP contribution is 2.50. The van der Waals surface area contributed by atoms with Crippen LogP contribution in [0, 0.1) is 0 Å². The molecule has 0 saturated heterocycles. The molecule has 0 aliphatic rings. The highest BCUT2D eigenvalue weighted by atomic mass is 35.5. The van der Waals surface area contributed by atoms with Gasteiger partial charge in [0.15, 0.2) is 17.3 Å². The van der Waals surface area contributed by atoms with Crippen molar-refractivity contribution in [3.05, 3.63) is 62.7 Å². The van der Waals surface area contributed by atoms with Crippen LogP contribution in [0.1, 0.15) is 10.4 Å². The zero-order valence-corrected chi connectivity index (χ0v) is 19.8. The van der Waals surface area contributed by atoms with Gasteiger partial charge in [0.2, 0.25) is 0 Å². The SMILES string of the molecule is COc1c(Cl)c(NC(=O)c2csc3c(Nc4ccccc4)ncnc23)c(Cl)c(OC)c1Cl. The van der Waals surface area contributed by atoms with Gasteiger partial charge in [0, 0.05) is 11.1 Å². The molecule has 0 atom stereocenters. The van der Waals surface area contributed by atoms with E-state index in [-0.39, 0.29) is 32.3 Å². The first-order valence-corrected chi connectivity index (χ1v) is 11.1. The Balaban J connectivity index is 1.71. The number of thiophene rings is 1. The van der Waals surface area contributed by atoms with Crippen molar-refractivity contribution in [1.29, 1.82) is 0 Å². The lowest BCUT2D eigenvalue weighted by Crippen LogP contribution is -2.13. The molecule has 32 heavy (non-hydrogen) atoms. The minimum atomic E-state index is -0.462. The third kappa shape index (κ3) is 4.02. The summed E-state index contributed by atoms with van der Waals surface area (Å²) in [5.74, 6) is 0.403. The lowest BCUT2D eigenvalue weighted by molar-refractivity contribution is 0.102. The normalized spacial score (nSPS) is 10.8. The van der Waals surface area contributed by atoms with Gasteiger partial charge in [-0.3, -0.25) is 4.79 Å². The van der Waals surface area contributed by atoms with Crippen LogP contribution in [-0.4, -0.2) is 30.1 Å².